The van der Waals surface area contributed by atoms with E-state index in [2.05, 4.69) is 0 Å². The van der Waals surface area contributed by atoms with Gasteiger partial charge in [-0.15, -0.1) is 0 Å². The van der Waals surface area contributed by atoms with Crippen molar-refractivity contribution in [2.75, 3.05) is 16.6 Å². The minimum absolute atomic E-state index is 0.0318. The van der Waals surface area contributed by atoms with E-state index in [1.807, 2.05) is 12.1 Å². The monoisotopic (exact) mass is 342 g/mol. The first-order valence-electron chi connectivity index (χ1n) is 6.26. The number of sulfonamides is 1. The zero-order valence-corrected chi connectivity index (χ0v) is 13.2. The Hall–Kier alpha value is -1.43. The fourth-order valence-electron chi connectivity index (χ4n) is 2.52. The molecule has 1 heterocycles. The van der Waals surface area contributed by atoms with Crippen LogP contribution in [-0.4, -0.2) is 15.0 Å². The molecule has 110 valence electrons. The van der Waals surface area contributed by atoms with Gasteiger partial charge in [0.15, 0.2) is 0 Å². The van der Waals surface area contributed by atoms with Gasteiger partial charge in [0.05, 0.1) is 16.4 Å². The first-order valence-corrected chi connectivity index (χ1v) is 8.46. The molecule has 2 N–H and O–H groups in total. The second kappa shape index (κ2) is 5.09. The van der Waals surface area contributed by atoms with Crippen LogP contribution in [0.15, 0.2) is 41.3 Å². The molecule has 7 heteroatoms. The van der Waals surface area contributed by atoms with Crippen LogP contribution in [0.4, 0.5) is 11.4 Å². The molecule has 0 saturated heterocycles. The molecule has 0 saturated carbocycles. The average Bonchev–Trinajstić information content (AvgIpc) is 2.81. The minimum Gasteiger partial charge on any atom is -0.398 e. The Morgan fingerprint density at radius 3 is 2.57 bits per heavy atom. The Morgan fingerprint density at radius 1 is 1.14 bits per heavy atom. The molecule has 0 bridgehead atoms. The third-order valence-corrected chi connectivity index (χ3v) is 5.99. The standard InChI is InChI=1S/C14H12Cl2N2O2S/c15-10-7-11(16)14(12(17)8-10)21(19,20)18-6-5-9-3-1-2-4-13(9)18/h1-4,7-8H,5-6,17H2. The van der Waals surface area contributed by atoms with Crippen molar-refractivity contribution < 1.29 is 8.42 Å². The molecule has 0 amide bonds. The number of nitrogens with zero attached hydrogens (tertiary/aromatic N) is 1. The molecule has 0 aromatic heterocycles. The number of nitrogen functional groups attached to an aromatic ring is 1. The number of rotatable bonds is 2. The fourth-order valence-corrected chi connectivity index (χ4v) is 4.97. The van der Waals surface area contributed by atoms with Gasteiger partial charge in [0, 0.05) is 11.6 Å². The maximum Gasteiger partial charge on any atom is 0.267 e. The first kappa shape index (κ1) is 14.5. The van der Waals surface area contributed by atoms with Gasteiger partial charge in [0.2, 0.25) is 0 Å². The molecular formula is C14H12Cl2N2O2S. The summed E-state index contributed by atoms with van der Waals surface area (Å²) in [6, 6.07) is 10.2. The van der Waals surface area contributed by atoms with Crippen molar-refractivity contribution in [3.05, 3.63) is 52.0 Å². The van der Waals surface area contributed by atoms with Crippen molar-refractivity contribution >= 4 is 44.6 Å². The van der Waals surface area contributed by atoms with Gasteiger partial charge in [-0.25, -0.2) is 8.42 Å². The number of benzene rings is 2. The smallest absolute Gasteiger partial charge is 0.267 e. The molecule has 0 radical (unpaired) electrons. The molecule has 2 aromatic rings. The van der Waals surface area contributed by atoms with E-state index in [-0.39, 0.29) is 15.6 Å². The van der Waals surface area contributed by atoms with E-state index >= 15 is 0 Å². The Balaban J connectivity index is 2.16. The summed E-state index contributed by atoms with van der Waals surface area (Å²) >= 11 is 11.9. The number of para-hydroxylation sites is 1. The second-order valence-corrected chi connectivity index (χ2v) is 7.40. The molecule has 0 atom stereocenters. The summed E-state index contributed by atoms with van der Waals surface area (Å²) < 4.78 is 27.1. The summed E-state index contributed by atoms with van der Waals surface area (Å²) in [5, 5.41) is 0.336. The van der Waals surface area contributed by atoms with Gasteiger partial charge in [-0.3, -0.25) is 4.31 Å². The number of anilines is 2. The predicted octanol–water partition coefficient (Wildman–Crippen LogP) is 3.33. The van der Waals surface area contributed by atoms with Crippen molar-refractivity contribution in [1.29, 1.82) is 0 Å². The van der Waals surface area contributed by atoms with Crippen LogP contribution in [0.3, 0.4) is 0 Å². The summed E-state index contributed by atoms with van der Waals surface area (Å²) in [4.78, 5) is -0.0923. The summed E-state index contributed by atoms with van der Waals surface area (Å²) in [5.74, 6) is 0. The largest absolute Gasteiger partial charge is 0.398 e. The zero-order chi connectivity index (χ0) is 15.2. The second-order valence-electron chi connectivity index (χ2n) is 4.76. The predicted molar refractivity (Wildman–Crippen MR) is 85.6 cm³/mol. The number of nitrogens with two attached hydrogens (primary N) is 1. The van der Waals surface area contributed by atoms with Crippen molar-refractivity contribution in [2.24, 2.45) is 0 Å². The molecule has 3 rings (SSSR count). The van der Waals surface area contributed by atoms with Crippen LogP contribution in [0.25, 0.3) is 0 Å². The van der Waals surface area contributed by atoms with Crippen LogP contribution in [0.5, 0.6) is 0 Å². The highest BCUT2D eigenvalue weighted by atomic mass is 35.5. The number of fused-ring (bicyclic) bond motifs is 1. The quantitative estimate of drug-likeness (QED) is 0.851. The Kier molecular flexibility index (Phi) is 3.51. The lowest BCUT2D eigenvalue weighted by atomic mass is 10.2. The number of hydrogen-bond acceptors (Lipinski definition) is 3. The lowest BCUT2D eigenvalue weighted by Gasteiger charge is -2.21. The van der Waals surface area contributed by atoms with E-state index in [0.717, 1.165) is 5.56 Å². The molecule has 0 spiro atoms. The van der Waals surface area contributed by atoms with Crippen LogP contribution < -0.4 is 10.0 Å². The summed E-state index contributed by atoms with van der Waals surface area (Å²) in [5.41, 5.74) is 7.53. The third-order valence-electron chi connectivity index (χ3n) is 3.43. The normalized spacial score (nSPS) is 14.3. The van der Waals surface area contributed by atoms with E-state index in [4.69, 9.17) is 28.9 Å². The SMILES string of the molecule is Nc1cc(Cl)cc(Cl)c1S(=O)(=O)N1CCc2ccccc21. The first-order chi connectivity index (χ1) is 9.91. The maximum atomic E-state index is 12.9. The van der Waals surface area contributed by atoms with Crippen molar-refractivity contribution in [1.82, 2.24) is 0 Å². The highest BCUT2D eigenvalue weighted by molar-refractivity contribution is 7.93. The maximum absolute atomic E-state index is 12.9. The van der Waals surface area contributed by atoms with Gasteiger partial charge in [0.25, 0.3) is 10.0 Å². The van der Waals surface area contributed by atoms with Gasteiger partial charge >= 0.3 is 0 Å². The van der Waals surface area contributed by atoms with E-state index in [0.29, 0.717) is 23.7 Å². The molecule has 0 aliphatic carbocycles. The minimum atomic E-state index is -3.81. The molecule has 1 aliphatic rings. The van der Waals surface area contributed by atoms with Gasteiger partial charge < -0.3 is 5.73 Å². The Morgan fingerprint density at radius 2 is 1.86 bits per heavy atom. The van der Waals surface area contributed by atoms with Gasteiger partial charge in [-0.1, -0.05) is 41.4 Å². The summed E-state index contributed by atoms with van der Waals surface area (Å²) in [7, 11) is -3.81. The highest BCUT2D eigenvalue weighted by Gasteiger charge is 2.33. The van der Waals surface area contributed by atoms with E-state index < -0.39 is 10.0 Å². The van der Waals surface area contributed by atoms with Crippen LogP contribution in [0, 0.1) is 0 Å². The molecule has 0 unspecified atom stereocenters. The molecule has 21 heavy (non-hydrogen) atoms. The van der Waals surface area contributed by atoms with Crippen LogP contribution in [0.1, 0.15) is 5.56 Å². The number of halogens is 2. The summed E-state index contributed by atoms with van der Waals surface area (Å²) in [6.07, 6.45) is 0.667. The molecule has 0 fully saturated rings. The number of hydrogen-bond donors (Lipinski definition) is 1. The van der Waals surface area contributed by atoms with E-state index in [9.17, 15) is 8.42 Å². The van der Waals surface area contributed by atoms with Crippen molar-refractivity contribution in [3.8, 4) is 0 Å². The average molecular weight is 343 g/mol. The van der Waals surface area contributed by atoms with Gasteiger partial charge in [-0.2, -0.15) is 0 Å². The Bertz CT molecular complexity index is 798. The van der Waals surface area contributed by atoms with Crippen LogP contribution >= 0.6 is 23.2 Å². The molecule has 1 aliphatic heterocycles. The lowest BCUT2D eigenvalue weighted by Crippen LogP contribution is -2.30. The van der Waals surface area contributed by atoms with Gasteiger partial charge in [0.1, 0.15) is 4.90 Å². The van der Waals surface area contributed by atoms with Crippen LogP contribution in [-0.2, 0) is 16.4 Å². The Labute approximate surface area is 133 Å². The topological polar surface area (TPSA) is 63.4 Å². The van der Waals surface area contributed by atoms with E-state index in [1.165, 1.54) is 16.4 Å². The van der Waals surface area contributed by atoms with Crippen molar-refractivity contribution in [3.63, 3.8) is 0 Å². The lowest BCUT2D eigenvalue weighted by molar-refractivity contribution is 0.593. The fraction of sp³-hybridized carbons (Fsp3) is 0.143. The highest BCUT2D eigenvalue weighted by Crippen LogP contribution is 2.38. The molecule has 4 nitrogen and oxygen atoms in total. The van der Waals surface area contributed by atoms with Crippen LogP contribution in [0.2, 0.25) is 10.0 Å². The molecule has 2 aromatic carbocycles. The van der Waals surface area contributed by atoms with E-state index in [1.54, 1.807) is 12.1 Å². The van der Waals surface area contributed by atoms with Gasteiger partial charge in [-0.05, 0) is 30.2 Å². The zero-order valence-electron chi connectivity index (χ0n) is 10.9. The third kappa shape index (κ3) is 2.35. The van der Waals surface area contributed by atoms with Crippen molar-refractivity contribution in [2.45, 2.75) is 11.3 Å². The molecular weight excluding hydrogens is 331 g/mol. The summed E-state index contributed by atoms with van der Waals surface area (Å²) in [6.45, 7) is 0.375.